The normalized spacial score (nSPS) is 26.3. The monoisotopic (exact) mass is 537 g/mol. The smallest absolute Gasteiger partial charge is 0.248 e. The summed E-state index contributed by atoms with van der Waals surface area (Å²) in [5, 5.41) is 23.3. The molecule has 1 amide bonds. The van der Waals surface area contributed by atoms with E-state index in [1.54, 1.807) is 17.8 Å². The standard InChI is InChI=1S/C32H35N5O3/c1-19-8-12-26(23-14-24-10-11-25(15-23)36(24)29(40)18-38)30(20(2)39)32(33)37-31(19)27(17-35-37)22-9-13-28(34-16-22)21-6-4-3-5-7-21/h3-7,9,13,16-17,19,23-25,33,38H,8,10-12,14-15,18H2,1-2H3/b30-26+,33-32?. The fourth-order valence-corrected chi connectivity index (χ4v) is 7.21. The Morgan fingerprint density at radius 2 is 1.73 bits per heavy atom. The number of hydrogen-bond donors (Lipinski definition) is 2. The first-order valence-corrected chi connectivity index (χ1v) is 14.2. The first kappa shape index (κ1) is 26.3. The molecule has 0 aliphatic carbocycles. The number of aliphatic hydroxyl groups excluding tert-OH is 1. The second-order valence-corrected chi connectivity index (χ2v) is 11.4. The van der Waals surface area contributed by atoms with Crippen LogP contribution in [0.5, 0.6) is 0 Å². The van der Waals surface area contributed by atoms with Gasteiger partial charge < -0.3 is 10.0 Å². The van der Waals surface area contributed by atoms with E-state index in [2.05, 4.69) is 12.0 Å². The van der Waals surface area contributed by atoms with Gasteiger partial charge in [-0.2, -0.15) is 5.10 Å². The minimum atomic E-state index is -0.462. The van der Waals surface area contributed by atoms with Gasteiger partial charge in [0.2, 0.25) is 5.91 Å². The van der Waals surface area contributed by atoms with Gasteiger partial charge in [0.15, 0.2) is 11.6 Å². The molecule has 2 aromatic heterocycles. The number of carbonyl (C=O) groups is 2. The van der Waals surface area contributed by atoms with Crippen molar-refractivity contribution in [2.75, 3.05) is 6.61 Å². The number of amides is 1. The molecule has 6 rings (SSSR count). The van der Waals surface area contributed by atoms with Gasteiger partial charge in [-0.15, -0.1) is 0 Å². The Morgan fingerprint density at radius 1 is 1.00 bits per heavy atom. The highest BCUT2D eigenvalue weighted by Gasteiger charge is 2.45. The molecule has 3 aromatic rings. The first-order chi connectivity index (χ1) is 19.4. The summed E-state index contributed by atoms with van der Waals surface area (Å²) in [4.78, 5) is 32.1. The minimum Gasteiger partial charge on any atom is -0.387 e. The van der Waals surface area contributed by atoms with Crippen molar-refractivity contribution in [3.05, 3.63) is 71.7 Å². The number of carbonyl (C=O) groups excluding carboxylic acids is 2. The lowest BCUT2D eigenvalue weighted by Gasteiger charge is -2.40. The van der Waals surface area contributed by atoms with E-state index in [0.717, 1.165) is 72.2 Å². The summed E-state index contributed by atoms with van der Waals surface area (Å²) >= 11 is 0. The highest BCUT2D eigenvalue weighted by atomic mass is 16.3. The molecular weight excluding hydrogens is 502 g/mol. The Bertz CT molecular complexity index is 1480. The van der Waals surface area contributed by atoms with Gasteiger partial charge in [0, 0.05) is 35.0 Å². The topological polar surface area (TPSA) is 112 Å². The SMILES string of the molecule is CC(=O)/C1=C(\C2CC3CCC(C2)N3C(=O)CO)CCC(C)c2c(-c3ccc(-c4ccccc4)nc3)cnn2C1=N. The Kier molecular flexibility index (Phi) is 6.96. The van der Waals surface area contributed by atoms with Crippen molar-refractivity contribution >= 4 is 17.5 Å². The van der Waals surface area contributed by atoms with Crippen LogP contribution in [-0.2, 0) is 9.59 Å². The summed E-state index contributed by atoms with van der Waals surface area (Å²) in [5.74, 6) is 0.0599. The zero-order chi connectivity index (χ0) is 28.0. The summed E-state index contributed by atoms with van der Waals surface area (Å²) in [6.45, 7) is 3.25. The van der Waals surface area contributed by atoms with Crippen LogP contribution in [0.15, 0.2) is 66.0 Å². The van der Waals surface area contributed by atoms with Crippen LogP contribution in [0.3, 0.4) is 0 Å². The second-order valence-electron chi connectivity index (χ2n) is 11.4. The van der Waals surface area contributed by atoms with Gasteiger partial charge in [0.05, 0.1) is 23.2 Å². The molecule has 2 fully saturated rings. The van der Waals surface area contributed by atoms with Crippen molar-refractivity contribution in [3.8, 4) is 22.4 Å². The summed E-state index contributed by atoms with van der Waals surface area (Å²) in [6.07, 6.45) is 8.60. The number of aromatic nitrogens is 3. The molecule has 1 aromatic carbocycles. The summed E-state index contributed by atoms with van der Waals surface area (Å²) in [7, 11) is 0. The van der Waals surface area contributed by atoms with Gasteiger partial charge in [-0.25, -0.2) is 4.68 Å². The molecule has 0 saturated carbocycles. The van der Waals surface area contributed by atoms with E-state index in [-0.39, 0.29) is 41.4 Å². The van der Waals surface area contributed by atoms with E-state index in [9.17, 15) is 20.1 Å². The molecule has 0 radical (unpaired) electrons. The van der Waals surface area contributed by atoms with Crippen molar-refractivity contribution in [1.29, 1.82) is 5.41 Å². The molecule has 3 aliphatic heterocycles. The molecular formula is C32H35N5O3. The van der Waals surface area contributed by atoms with Crippen LogP contribution in [0.4, 0.5) is 0 Å². The van der Waals surface area contributed by atoms with Crippen molar-refractivity contribution in [2.45, 2.75) is 70.4 Å². The Balaban J connectivity index is 1.35. The number of Topliss-reactive ketones (excluding diaryl/α,β-unsaturated/α-hetero) is 1. The zero-order valence-electron chi connectivity index (χ0n) is 23.0. The number of piperidine rings is 1. The van der Waals surface area contributed by atoms with E-state index >= 15 is 0 Å². The first-order valence-electron chi connectivity index (χ1n) is 14.2. The van der Waals surface area contributed by atoms with Crippen LogP contribution >= 0.6 is 0 Å². The molecule has 2 bridgehead atoms. The highest BCUT2D eigenvalue weighted by molar-refractivity contribution is 6.21. The van der Waals surface area contributed by atoms with Crippen LogP contribution in [0.1, 0.15) is 64.0 Å². The molecule has 5 heterocycles. The number of benzene rings is 1. The van der Waals surface area contributed by atoms with E-state index in [1.807, 2.05) is 53.6 Å². The van der Waals surface area contributed by atoms with Crippen molar-refractivity contribution in [3.63, 3.8) is 0 Å². The lowest BCUT2D eigenvalue weighted by atomic mass is 9.77. The molecule has 3 atom stereocenters. The Hall–Kier alpha value is -3.91. The number of allylic oxidation sites excluding steroid dienone is 2. The summed E-state index contributed by atoms with van der Waals surface area (Å²) in [6, 6.07) is 14.3. The lowest BCUT2D eigenvalue weighted by Crippen LogP contribution is -2.48. The van der Waals surface area contributed by atoms with Crippen molar-refractivity contribution in [1.82, 2.24) is 19.7 Å². The van der Waals surface area contributed by atoms with Gasteiger partial charge in [0.25, 0.3) is 0 Å². The van der Waals surface area contributed by atoms with E-state index in [4.69, 9.17) is 4.98 Å². The summed E-state index contributed by atoms with van der Waals surface area (Å²) < 4.78 is 1.65. The van der Waals surface area contributed by atoms with E-state index in [1.165, 1.54) is 0 Å². The van der Waals surface area contributed by atoms with Crippen LogP contribution in [0.2, 0.25) is 0 Å². The molecule has 206 valence electrons. The predicted molar refractivity (Wildman–Crippen MR) is 153 cm³/mol. The van der Waals surface area contributed by atoms with Crippen molar-refractivity contribution in [2.24, 2.45) is 5.92 Å². The average molecular weight is 538 g/mol. The Morgan fingerprint density at radius 3 is 2.35 bits per heavy atom. The molecule has 3 aliphatic rings. The molecule has 8 nitrogen and oxygen atoms in total. The largest absolute Gasteiger partial charge is 0.387 e. The van der Waals surface area contributed by atoms with Gasteiger partial charge in [-0.3, -0.25) is 20.0 Å². The third-order valence-electron chi connectivity index (χ3n) is 9.03. The number of pyridine rings is 1. The average Bonchev–Trinajstić information content (AvgIpc) is 3.52. The van der Waals surface area contributed by atoms with Crippen LogP contribution < -0.4 is 0 Å². The van der Waals surface area contributed by atoms with Gasteiger partial charge >= 0.3 is 0 Å². The van der Waals surface area contributed by atoms with Crippen LogP contribution in [-0.4, -0.2) is 61.0 Å². The molecule has 3 unspecified atom stereocenters. The number of nitrogens with zero attached hydrogens (tertiary/aromatic N) is 4. The predicted octanol–water partition coefficient (Wildman–Crippen LogP) is 4.98. The van der Waals surface area contributed by atoms with Gasteiger partial charge in [0.1, 0.15) is 6.61 Å². The Labute approximate surface area is 234 Å². The lowest BCUT2D eigenvalue weighted by molar-refractivity contribution is -0.139. The molecule has 2 saturated heterocycles. The molecule has 2 N–H and O–H groups in total. The highest BCUT2D eigenvalue weighted by Crippen LogP contribution is 2.45. The molecule has 0 spiro atoms. The van der Waals surface area contributed by atoms with Crippen LogP contribution in [0, 0.1) is 11.3 Å². The maximum Gasteiger partial charge on any atom is 0.248 e. The number of hydrogen-bond acceptors (Lipinski definition) is 6. The number of ketones is 1. The summed E-state index contributed by atoms with van der Waals surface area (Å²) in [5.41, 5.74) is 6.25. The minimum absolute atomic E-state index is 0.0828. The van der Waals surface area contributed by atoms with Gasteiger partial charge in [-0.05, 0) is 63.4 Å². The van der Waals surface area contributed by atoms with Gasteiger partial charge in [-0.1, -0.05) is 48.9 Å². The number of aliphatic hydroxyl groups is 1. The zero-order valence-corrected chi connectivity index (χ0v) is 23.0. The molecule has 40 heavy (non-hydrogen) atoms. The maximum absolute atomic E-state index is 13.1. The van der Waals surface area contributed by atoms with E-state index < -0.39 is 6.61 Å². The van der Waals surface area contributed by atoms with Crippen molar-refractivity contribution < 1.29 is 14.7 Å². The fraction of sp³-hybridized carbons (Fsp3) is 0.406. The third-order valence-corrected chi connectivity index (χ3v) is 9.03. The van der Waals surface area contributed by atoms with E-state index in [0.29, 0.717) is 5.57 Å². The fourth-order valence-electron chi connectivity index (χ4n) is 7.21. The quantitative estimate of drug-likeness (QED) is 0.477. The number of rotatable bonds is 5. The molecule has 8 heteroatoms. The third kappa shape index (κ3) is 4.50. The van der Waals surface area contributed by atoms with Crippen LogP contribution in [0.25, 0.3) is 22.4 Å². The second kappa shape index (κ2) is 10.6. The number of fused-ring (bicyclic) bond motifs is 3. The maximum atomic E-state index is 13.1. The number of nitrogens with one attached hydrogen (secondary N) is 1.